The molecule has 17 rings (SSSR count). The van der Waals surface area contributed by atoms with Gasteiger partial charge in [-0.25, -0.2) is 19.9 Å². The highest BCUT2D eigenvalue weighted by Gasteiger charge is 2.25. The largest absolute Gasteiger partial charge is 0.395 e. The van der Waals surface area contributed by atoms with Crippen molar-refractivity contribution in [3.63, 3.8) is 0 Å². The van der Waals surface area contributed by atoms with Crippen molar-refractivity contribution in [3.05, 3.63) is 318 Å². The van der Waals surface area contributed by atoms with E-state index in [4.69, 9.17) is 15.0 Å². The lowest BCUT2D eigenvalue weighted by molar-refractivity contribution is -0.118. The molecule has 25 nitrogen and oxygen atoms in total. The zero-order valence-electron chi connectivity index (χ0n) is 83.5. The molecule has 0 spiro atoms. The van der Waals surface area contributed by atoms with Crippen molar-refractivity contribution >= 4 is 89.8 Å². The van der Waals surface area contributed by atoms with Gasteiger partial charge in [0, 0.05) is 204 Å². The van der Waals surface area contributed by atoms with Gasteiger partial charge in [0.2, 0.25) is 0 Å². The van der Waals surface area contributed by atoms with Crippen LogP contribution in [0.25, 0.3) is 99.9 Å². The number of anilines is 3. The summed E-state index contributed by atoms with van der Waals surface area (Å²) in [6, 6.07) is 80.2. The number of carbonyl (C=O) groups excluding carboxylic acids is 3. The summed E-state index contributed by atoms with van der Waals surface area (Å²) in [7, 11) is 4.20. The fraction of sp³-hybridized carbons (Fsp3) is 0.336. The summed E-state index contributed by atoms with van der Waals surface area (Å²) < 4.78 is 9.05. The highest BCUT2D eigenvalue weighted by atomic mass is 32.1. The van der Waals surface area contributed by atoms with Crippen molar-refractivity contribution in [3.8, 4) is 55.9 Å². The van der Waals surface area contributed by atoms with Gasteiger partial charge < -0.3 is 74.1 Å². The number of aromatic amines is 2. The Hall–Kier alpha value is -13.7. The van der Waals surface area contributed by atoms with Gasteiger partial charge >= 0.3 is 0 Å². The van der Waals surface area contributed by atoms with E-state index < -0.39 is 0 Å². The molecule has 8 N–H and O–H groups in total. The van der Waals surface area contributed by atoms with Gasteiger partial charge in [0.05, 0.1) is 69.8 Å². The number of pyridine rings is 1. The Labute approximate surface area is 838 Å². The highest BCUT2D eigenvalue weighted by Crippen LogP contribution is 2.37. The number of nitrogens with zero attached hydrogens (tertiary/aromatic N) is 14. The van der Waals surface area contributed by atoms with Gasteiger partial charge in [-0.1, -0.05) is 100 Å². The molecule has 8 aromatic heterocycles. The van der Waals surface area contributed by atoms with Gasteiger partial charge in [-0.2, -0.15) is 5.10 Å². The lowest BCUT2D eigenvalue weighted by atomic mass is 10.00. The van der Waals surface area contributed by atoms with Crippen LogP contribution in [-0.2, 0) is 73.2 Å². The van der Waals surface area contributed by atoms with Crippen LogP contribution in [-0.4, -0.2) is 169 Å². The Kier molecular flexibility index (Phi) is 37.0. The van der Waals surface area contributed by atoms with Gasteiger partial charge in [-0.15, -0.1) is 11.3 Å². The first-order valence-corrected chi connectivity index (χ1v) is 51.0. The summed E-state index contributed by atoms with van der Waals surface area (Å²) in [5.74, 6) is 3.22. The number of aliphatic hydroxyl groups is 3. The summed E-state index contributed by atoms with van der Waals surface area (Å²) >= 11 is 1.72. The lowest BCUT2D eigenvalue weighted by Gasteiger charge is -2.24. The van der Waals surface area contributed by atoms with E-state index in [1.54, 1.807) is 50.7 Å². The summed E-state index contributed by atoms with van der Waals surface area (Å²) in [6.07, 6.45) is 21.2. The van der Waals surface area contributed by atoms with Crippen LogP contribution in [0.3, 0.4) is 0 Å². The third kappa shape index (κ3) is 27.4. The molecule has 17 aromatic rings. The minimum Gasteiger partial charge on any atom is -0.395 e. The van der Waals surface area contributed by atoms with Crippen LogP contribution in [0.2, 0.25) is 0 Å². The van der Waals surface area contributed by atoms with Crippen LogP contribution in [0, 0.1) is 0 Å². The van der Waals surface area contributed by atoms with Gasteiger partial charge in [0.1, 0.15) is 34.8 Å². The van der Waals surface area contributed by atoms with E-state index in [0.717, 1.165) is 238 Å². The molecule has 0 bridgehead atoms. The average molecular weight is 1930 g/mol. The molecule has 142 heavy (non-hydrogen) atoms. The molecule has 738 valence electrons. The molecule has 8 heterocycles. The monoisotopic (exact) mass is 1920 g/mol. The Bertz CT molecular complexity index is 6810. The third-order valence-electron chi connectivity index (χ3n) is 26.0. The van der Waals surface area contributed by atoms with E-state index in [1.165, 1.54) is 27.1 Å². The fourth-order valence-corrected chi connectivity index (χ4v) is 19.8. The Morgan fingerprint density at radius 1 is 0.415 bits per heavy atom. The molecule has 0 radical (unpaired) electrons. The SMILES string of the molecule is CCCN(CCC)c1ccc(-c2nc3cc(C(CC(C)=O)NCc4ccc5[nH]ccc5c4)ccc3n2CCc2ccc(CO)cc2)cc1.CCCN(CCO)c1ccc(-c2nc3cc(C(CC(C)=O)NCc4ccc(-c5ccn[nH]5)s4)ccc3n2CCCN(C)C)cc1.CCCN(CCO)c1ccc(-c2nc3cc(C(CC(C)=O)NCc4ccc(-c5ccncc5)cc4)ccc3n2CCCn2ccnc2)cc1. The van der Waals surface area contributed by atoms with E-state index in [0.29, 0.717) is 52.0 Å². The maximum atomic E-state index is 12.4. The molecule has 26 heteroatoms. The van der Waals surface area contributed by atoms with E-state index in [-0.39, 0.29) is 55.3 Å². The molecule has 9 aromatic carbocycles. The highest BCUT2D eigenvalue weighted by molar-refractivity contribution is 7.15. The Morgan fingerprint density at radius 3 is 1.32 bits per heavy atom. The van der Waals surface area contributed by atoms with Crippen LogP contribution >= 0.6 is 11.3 Å². The van der Waals surface area contributed by atoms with Gasteiger partial charge in [-0.05, 0) is 300 Å². The molecule has 3 atom stereocenters. The van der Waals surface area contributed by atoms with Crippen LogP contribution < -0.4 is 30.7 Å². The predicted octanol–water partition coefficient (Wildman–Crippen LogP) is 21.6. The van der Waals surface area contributed by atoms with Crippen molar-refractivity contribution in [2.45, 2.75) is 183 Å². The summed E-state index contributed by atoms with van der Waals surface area (Å²) in [5.41, 5.74) is 24.6. The Morgan fingerprint density at radius 2 is 0.866 bits per heavy atom. The first-order chi connectivity index (χ1) is 69.3. The molecular formula is C116H137N19O6S. The fourth-order valence-electron chi connectivity index (χ4n) is 18.8. The van der Waals surface area contributed by atoms with Crippen molar-refractivity contribution < 1.29 is 29.7 Å². The van der Waals surface area contributed by atoms with E-state index in [9.17, 15) is 29.7 Å². The number of Topliss-reactive ketones (excluding diaryl/α,β-unsaturated/α-hetero) is 3. The molecule has 0 saturated heterocycles. The maximum absolute atomic E-state index is 12.4. The zero-order chi connectivity index (χ0) is 99.2. The quantitative estimate of drug-likeness (QED) is 0.0176. The topological polar surface area (TPSA) is 290 Å². The van der Waals surface area contributed by atoms with Crippen molar-refractivity contribution in [1.29, 1.82) is 0 Å². The van der Waals surface area contributed by atoms with Crippen molar-refractivity contribution in [1.82, 2.24) is 79.2 Å². The number of hydrogen-bond acceptors (Lipinski definition) is 20. The second kappa shape index (κ2) is 51.1. The van der Waals surface area contributed by atoms with Crippen LogP contribution in [0.1, 0.15) is 168 Å². The summed E-state index contributed by atoms with van der Waals surface area (Å²) in [6.45, 7) is 25.3. The van der Waals surface area contributed by atoms with Crippen LogP contribution in [0.15, 0.2) is 274 Å². The predicted molar refractivity (Wildman–Crippen MR) is 578 cm³/mol. The van der Waals surface area contributed by atoms with Gasteiger partial charge in [0.25, 0.3) is 0 Å². The number of imidazole rings is 4. The van der Waals surface area contributed by atoms with Gasteiger partial charge in [0.15, 0.2) is 0 Å². The van der Waals surface area contributed by atoms with Crippen LogP contribution in [0.5, 0.6) is 0 Å². The second-order valence-corrected chi connectivity index (χ2v) is 38.3. The molecule has 0 fully saturated rings. The number of nitrogens with one attached hydrogen (secondary N) is 5. The smallest absolute Gasteiger partial charge is 0.141 e. The number of fused-ring (bicyclic) bond motifs is 4. The van der Waals surface area contributed by atoms with Crippen LogP contribution in [0.4, 0.5) is 17.1 Å². The number of ketones is 3. The van der Waals surface area contributed by atoms with E-state index in [2.05, 4.69) is 321 Å². The number of benzene rings is 9. The number of aliphatic hydroxyl groups excluding tert-OH is 3. The molecule has 0 aliphatic rings. The molecule has 0 aliphatic carbocycles. The standard InChI is InChI=1S/C41H47N5O2.C40H45N7O2.C35H45N7O2S/c1-4-21-45(22-5-2)36-14-11-33(12-15-36)41-44-39-26-34(13-17-40(39)46(41)23-19-30-6-8-31(28-47)9-7-30)38(24-29(3)48)43-27-32-10-16-37-35(25-32)18-20-42-37;1-3-20-46(24-25-48)36-12-9-34(10-13-36)40-44-38-27-35(11-14-39(38)47(40)22-4-21-45-23-19-42-29-45)37(26-30(2)49)43-28-31-5-7-32(8-6-31)33-15-17-41-18-16-33;1-5-17-41(20-21-43)28-10-7-26(8-11-28)35-38-32-23-27(9-13-33(32)42(35)19-6-18-40(3)4)31(22-25(2)44)36-24-29-12-14-34(45-29)30-15-16-37-39-30/h6-18,20,25-26,38,42-43,47H,4-5,19,21-24,27-28H2,1-3H3;5-19,23,27,29,37,43,48H,3-4,20-22,24-26,28H2,1-2H3;7-16,23,31,36,43H,5-6,17-22,24H2,1-4H3,(H,37,39). The van der Waals surface area contributed by atoms with Gasteiger partial charge in [-0.3, -0.25) is 24.5 Å². The number of aryl methyl sites for hydroxylation is 5. The molecule has 0 saturated carbocycles. The number of rotatable bonds is 50. The number of carbonyl (C=O) groups is 3. The first-order valence-electron chi connectivity index (χ1n) is 50.2. The molecule has 3 unspecified atom stereocenters. The summed E-state index contributed by atoms with van der Waals surface area (Å²) in [4.78, 5) is 75.8. The molecule has 0 aliphatic heterocycles. The second-order valence-electron chi connectivity index (χ2n) is 37.2. The summed E-state index contributed by atoms with van der Waals surface area (Å²) in [5, 5.41) is 47.9. The number of aromatic nitrogens is 12. The van der Waals surface area contributed by atoms with E-state index >= 15 is 0 Å². The minimum absolute atomic E-state index is 0.0461. The first kappa shape index (κ1) is 103. The molecular weight excluding hydrogens is 1790 g/mol. The Balaban J connectivity index is 0.000000161. The van der Waals surface area contributed by atoms with E-state index in [1.807, 2.05) is 55.2 Å². The normalized spacial score (nSPS) is 12.1. The third-order valence-corrected chi connectivity index (χ3v) is 27.1. The van der Waals surface area contributed by atoms with Crippen molar-refractivity contribution in [2.24, 2.45) is 0 Å². The number of hydrogen-bond donors (Lipinski definition) is 8. The molecule has 0 amide bonds. The maximum Gasteiger partial charge on any atom is 0.141 e. The van der Waals surface area contributed by atoms with Crippen molar-refractivity contribution in [2.75, 3.05) is 87.8 Å². The lowest BCUT2D eigenvalue weighted by Crippen LogP contribution is -2.27. The number of thiophene rings is 1. The average Bonchev–Trinajstić information content (AvgIpc) is 1.63. The minimum atomic E-state index is -0.146. The number of H-pyrrole nitrogens is 2. The zero-order valence-corrected chi connectivity index (χ0v) is 84.4.